The number of hydrogen-bond donors (Lipinski definition) is 2. The van der Waals surface area contributed by atoms with E-state index in [1.54, 1.807) is 0 Å². The van der Waals surface area contributed by atoms with Gasteiger partial charge in [-0.1, -0.05) is 12.1 Å². The maximum atomic E-state index is 6.00. The molecule has 3 N–H and O–H groups in total. The van der Waals surface area contributed by atoms with E-state index in [1.807, 2.05) is 54.6 Å². The number of ether oxygens (including phenoxy) is 3. The summed E-state index contributed by atoms with van der Waals surface area (Å²) in [4.78, 5) is 0. The van der Waals surface area contributed by atoms with E-state index in [1.165, 1.54) is 0 Å². The fourth-order valence-corrected chi connectivity index (χ4v) is 3.06. The van der Waals surface area contributed by atoms with Gasteiger partial charge in [0.2, 0.25) is 0 Å². The number of hydrogen-bond acceptors (Lipinski definition) is 5. The highest BCUT2D eigenvalue weighted by atomic mass is 16.5. The van der Waals surface area contributed by atoms with E-state index in [4.69, 9.17) is 19.9 Å². The lowest BCUT2D eigenvalue weighted by Gasteiger charge is -2.13. The second-order valence-corrected chi connectivity index (χ2v) is 6.58. The van der Waals surface area contributed by atoms with Gasteiger partial charge in [0.15, 0.2) is 0 Å². The third kappa shape index (κ3) is 4.41. The highest BCUT2D eigenvalue weighted by Crippen LogP contribution is 2.29. The van der Waals surface area contributed by atoms with Gasteiger partial charge in [0.05, 0.1) is 17.5 Å². The monoisotopic (exact) mass is 365 g/mol. The van der Waals surface area contributed by atoms with Gasteiger partial charge in [0.25, 0.3) is 0 Å². The van der Waals surface area contributed by atoms with Crippen molar-refractivity contribution in [3.63, 3.8) is 0 Å². The molecule has 4 rings (SSSR count). The summed E-state index contributed by atoms with van der Waals surface area (Å²) >= 11 is 0. The Labute approximate surface area is 158 Å². The Balaban J connectivity index is 1.42. The molecule has 2 heterocycles. The summed E-state index contributed by atoms with van der Waals surface area (Å²) in [6, 6.07) is 17.2. The van der Waals surface area contributed by atoms with Crippen molar-refractivity contribution in [3.8, 4) is 22.8 Å². The quantitative estimate of drug-likeness (QED) is 0.623. The molecule has 1 aromatic heterocycles. The number of nitrogens with two attached hydrogens (primary N) is 1. The predicted molar refractivity (Wildman–Crippen MR) is 104 cm³/mol. The van der Waals surface area contributed by atoms with Crippen LogP contribution in [0.15, 0.2) is 54.6 Å². The van der Waals surface area contributed by atoms with E-state index < -0.39 is 0 Å². The fourth-order valence-electron chi connectivity index (χ4n) is 3.06. The molecular formula is C21H23N3O3. The molecule has 6 nitrogen and oxygen atoms in total. The molecule has 0 bridgehead atoms. The minimum absolute atomic E-state index is 0.182. The van der Waals surface area contributed by atoms with E-state index in [9.17, 15) is 0 Å². The molecule has 2 aromatic carbocycles. The Bertz CT molecular complexity index is 870. The number of nitrogens with one attached hydrogen (secondary N) is 1. The molecule has 1 fully saturated rings. The van der Waals surface area contributed by atoms with Gasteiger partial charge in [0.1, 0.15) is 24.7 Å². The average molecular weight is 365 g/mol. The van der Waals surface area contributed by atoms with Crippen LogP contribution in [0, 0.1) is 0 Å². The Hall–Kier alpha value is -2.99. The highest BCUT2D eigenvalue weighted by molar-refractivity contribution is 5.67. The molecule has 1 saturated heterocycles. The van der Waals surface area contributed by atoms with Crippen molar-refractivity contribution < 1.29 is 14.2 Å². The van der Waals surface area contributed by atoms with E-state index in [0.717, 1.165) is 47.9 Å². The standard InChI is InChI=1S/C21H23N3O3/c22-15-7-9-17(10-8-15)26-13-16-12-20(24-23-16)19-5-1-2-6-21(19)27-14-18-4-3-11-25-18/h1-2,5-10,12,18H,3-4,11,13-14,22H2,(H,23,24). The van der Waals surface area contributed by atoms with Crippen LogP contribution in [-0.2, 0) is 11.3 Å². The summed E-state index contributed by atoms with van der Waals surface area (Å²) in [6.07, 6.45) is 2.34. The molecule has 1 atom stereocenters. The number of aromatic nitrogens is 2. The first kappa shape index (κ1) is 17.4. The van der Waals surface area contributed by atoms with Crippen LogP contribution in [0.2, 0.25) is 0 Å². The zero-order chi connectivity index (χ0) is 18.5. The zero-order valence-corrected chi connectivity index (χ0v) is 15.1. The van der Waals surface area contributed by atoms with Crippen LogP contribution < -0.4 is 15.2 Å². The lowest BCUT2D eigenvalue weighted by atomic mass is 10.1. The number of aromatic amines is 1. The van der Waals surface area contributed by atoms with Gasteiger partial charge in [-0.2, -0.15) is 5.10 Å². The first-order chi connectivity index (χ1) is 13.3. The van der Waals surface area contributed by atoms with Crippen LogP contribution in [0.4, 0.5) is 5.69 Å². The highest BCUT2D eigenvalue weighted by Gasteiger charge is 2.17. The van der Waals surface area contributed by atoms with E-state index in [-0.39, 0.29) is 6.10 Å². The average Bonchev–Trinajstić information content (AvgIpc) is 3.38. The summed E-state index contributed by atoms with van der Waals surface area (Å²) in [5, 5.41) is 7.45. The van der Waals surface area contributed by atoms with Crippen LogP contribution >= 0.6 is 0 Å². The second kappa shape index (κ2) is 8.14. The third-order valence-corrected chi connectivity index (χ3v) is 4.52. The van der Waals surface area contributed by atoms with Gasteiger partial charge in [-0.05, 0) is 55.3 Å². The maximum absolute atomic E-state index is 6.00. The summed E-state index contributed by atoms with van der Waals surface area (Å²) in [6.45, 7) is 1.79. The number of nitrogen functional groups attached to an aromatic ring is 1. The molecule has 6 heteroatoms. The van der Waals surface area contributed by atoms with Gasteiger partial charge in [-0.3, -0.25) is 5.10 Å². The van der Waals surface area contributed by atoms with E-state index >= 15 is 0 Å². The Morgan fingerprint density at radius 3 is 2.78 bits per heavy atom. The second-order valence-electron chi connectivity index (χ2n) is 6.58. The van der Waals surface area contributed by atoms with Crippen molar-refractivity contribution in [3.05, 3.63) is 60.3 Å². The maximum Gasteiger partial charge on any atom is 0.130 e. The summed E-state index contributed by atoms with van der Waals surface area (Å²) in [5.41, 5.74) is 9.06. The molecule has 140 valence electrons. The summed E-state index contributed by atoms with van der Waals surface area (Å²) < 4.78 is 17.4. The molecular weight excluding hydrogens is 342 g/mol. The molecule has 0 radical (unpaired) electrons. The lowest BCUT2D eigenvalue weighted by Crippen LogP contribution is -2.16. The van der Waals surface area contributed by atoms with Crippen LogP contribution in [0.25, 0.3) is 11.3 Å². The molecule has 1 unspecified atom stereocenters. The minimum Gasteiger partial charge on any atom is -0.490 e. The number of anilines is 1. The van der Waals surface area contributed by atoms with Crippen LogP contribution in [0.1, 0.15) is 18.5 Å². The SMILES string of the molecule is Nc1ccc(OCc2cc(-c3ccccc3OCC3CCCO3)n[nH]2)cc1. The molecule has 1 aliphatic heterocycles. The van der Waals surface area contributed by atoms with Gasteiger partial charge < -0.3 is 19.9 Å². The van der Waals surface area contributed by atoms with Crippen LogP contribution in [0.3, 0.4) is 0 Å². The van der Waals surface area contributed by atoms with Gasteiger partial charge in [-0.25, -0.2) is 0 Å². The van der Waals surface area contributed by atoms with Crippen molar-refractivity contribution in [1.29, 1.82) is 0 Å². The van der Waals surface area contributed by atoms with Crippen molar-refractivity contribution in [2.24, 2.45) is 0 Å². The number of nitrogens with zero attached hydrogens (tertiary/aromatic N) is 1. The molecule has 27 heavy (non-hydrogen) atoms. The molecule has 0 spiro atoms. The Kier molecular flexibility index (Phi) is 5.25. The fraction of sp³-hybridized carbons (Fsp3) is 0.286. The first-order valence-corrected chi connectivity index (χ1v) is 9.14. The molecule has 0 aliphatic carbocycles. The van der Waals surface area contributed by atoms with Gasteiger partial charge in [-0.15, -0.1) is 0 Å². The van der Waals surface area contributed by atoms with Gasteiger partial charge >= 0.3 is 0 Å². The lowest BCUT2D eigenvalue weighted by molar-refractivity contribution is 0.0681. The number of rotatable bonds is 7. The Morgan fingerprint density at radius 1 is 1.11 bits per heavy atom. The van der Waals surface area contributed by atoms with Crippen molar-refractivity contribution in [2.75, 3.05) is 18.9 Å². The first-order valence-electron chi connectivity index (χ1n) is 9.14. The molecule has 1 aliphatic rings. The van der Waals surface area contributed by atoms with E-state index in [2.05, 4.69) is 10.2 Å². The van der Waals surface area contributed by atoms with Crippen LogP contribution in [0.5, 0.6) is 11.5 Å². The number of H-pyrrole nitrogens is 1. The molecule has 3 aromatic rings. The largest absolute Gasteiger partial charge is 0.490 e. The molecule has 0 amide bonds. The number of para-hydroxylation sites is 1. The van der Waals surface area contributed by atoms with Crippen molar-refractivity contribution in [2.45, 2.75) is 25.6 Å². The van der Waals surface area contributed by atoms with Crippen molar-refractivity contribution in [1.82, 2.24) is 10.2 Å². The molecule has 0 saturated carbocycles. The number of benzene rings is 2. The topological polar surface area (TPSA) is 82.4 Å². The normalized spacial score (nSPS) is 16.4. The zero-order valence-electron chi connectivity index (χ0n) is 15.1. The third-order valence-electron chi connectivity index (χ3n) is 4.52. The summed E-state index contributed by atoms with van der Waals surface area (Å²) in [5.74, 6) is 1.58. The van der Waals surface area contributed by atoms with E-state index in [0.29, 0.717) is 18.9 Å². The minimum atomic E-state index is 0.182. The summed E-state index contributed by atoms with van der Waals surface area (Å²) in [7, 11) is 0. The predicted octanol–water partition coefficient (Wildman–Crippen LogP) is 3.80. The van der Waals surface area contributed by atoms with Gasteiger partial charge in [0, 0.05) is 17.9 Å². The Morgan fingerprint density at radius 2 is 1.96 bits per heavy atom. The smallest absolute Gasteiger partial charge is 0.130 e. The van der Waals surface area contributed by atoms with Crippen molar-refractivity contribution >= 4 is 5.69 Å². The van der Waals surface area contributed by atoms with Crippen LogP contribution in [-0.4, -0.2) is 29.5 Å².